The molecule has 0 spiro atoms. The molecule has 1 aliphatic rings. The summed E-state index contributed by atoms with van der Waals surface area (Å²) in [7, 11) is 0. The van der Waals surface area contributed by atoms with Crippen LogP contribution in [0.15, 0.2) is 29.4 Å². The van der Waals surface area contributed by atoms with Crippen molar-refractivity contribution in [2.75, 3.05) is 10.6 Å². The number of anilines is 2. The average molecular weight is 388 g/mol. The van der Waals surface area contributed by atoms with Crippen LogP contribution in [-0.4, -0.2) is 32.2 Å². The second-order valence-corrected chi connectivity index (χ2v) is 8.24. The summed E-state index contributed by atoms with van der Waals surface area (Å²) in [6, 6.07) is 7.01. The van der Waals surface area contributed by atoms with E-state index in [0.29, 0.717) is 22.4 Å². The molecule has 8 heteroatoms. The van der Waals surface area contributed by atoms with E-state index in [0.717, 1.165) is 12.2 Å². The van der Waals surface area contributed by atoms with Crippen molar-refractivity contribution in [1.82, 2.24) is 15.2 Å². The Balaban J connectivity index is 1.50. The Morgan fingerprint density at radius 2 is 1.81 bits per heavy atom. The summed E-state index contributed by atoms with van der Waals surface area (Å²) < 4.78 is 0. The number of carbonyl (C=O) groups is 2. The first-order chi connectivity index (χ1) is 13.0. The van der Waals surface area contributed by atoms with Gasteiger partial charge >= 0.3 is 0 Å². The number of benzene rings is 1. The highest BCUT2D eigenvalue weighted by Crippen LogP contribution is 2.28. The summed E-state index contributed by atoms with van der Waals surface area (Å²) in [5.41, 5.74) is 1.37. The molecule has 144 valence electrons. The lowest BCUT2D eigenvalue weighted by molar-refractivity contribution is -0.115. The molecule has 0 saturated heterocycles. The molecule has 27 heavy (non-hydrogen) atoms. The van der Waals surface area contributed by atoms with Crippen LogP contribution in [0.4, 0.5) is 11.4 Å². The lowest BCUT2D eigenvalue weighted by atomic mass is 10.0. The van der Waals surface area contributed by atoms with Crippen molar-refractivity contribution in [3.05, 3.63) is 30.1 Å². The van der Waals surface area contributed by atoms with Gasteiger partial charge in [0.25, 0.3) is 0 Å². The Morgan fingerprint density at radius 3 is 2.44 bits per heavy atom. The minimum absolute atomic E-state index is 0.116. The summed E-state index contributed by atoms with van der Waals surface area (Å²) in [5.74, 6) is 1.37. The predicted octanol–water partition coefficient (Wildman–Crippen LogP) is 3.62. The summed E-state index contributed by atoms with van der Waals surface area (Å²) in [4.78, 5) is 28.0. The fraction of sp³-hybridized carbons (Fsp3) is 0.474. The number of hydrogen-bond acceptors (Lipinski definition) is 5. The van der Waals surface area contributed by atoms with Gasteiger partial charge in [-0.25, -0.2) is 4.98 Å². The number of nitrogens with zero attached hydrogens (tertiary/aromatic N) is 2. The second-order valence-electron chi connectivity index (χ2n) is 6.93. The molecule has 0 aliphatic heterocycles. The Morgan fingerprint density at radius 1 is 1.19 bits per heavy atom. The Labute approximate surface area is 163 Å². The molecule has 0 bridgehead atoms. The fourth-order valence-electron chi connectivity index (χ4n) is 3.21. The van der Waals surface area contributed by atoms with Gasteiger partial charge in [0.15, 0.2) is 0 Å². The van der Waals surface area contributed by atoms with Gasteiger partial charge in [0.1, 0.15) is 5.82 Å². The Hall–Kier alpha value is -2.35. The van der Waals surface area contributed by atoms with Crippen molar-refractivity contribution < 1.29 is 9.59 Å². The lowest BCUT2D eigenvalue weighted by Crippen LogP contribution is -2.22. The summed E-state index contributed by atoms with van der Waals surface area (Å²) in [6.07, 6.45) is 6.09. The molecule has 1 unspecified atom stereocenters. The van der Waals surface area contributed by atoms with Gasteiger partial charge in [-0.2, -0.15) is 0 Å². The molecule has 1 aromatic heterocycles. The smallest absolute Gasteiger partial charge is 0.237 e. The van der Waals surface area contributed by atoms with Crippen LogP contribution in [0.25, 0.3) is 0 Å². The molecule has 1 aliphatic carbocycles. The van der Waals surface area contributed by atoms with Gasteiger partial charge in [-0.05, 0) is 37.1 Å². The quantitative estimate of drug-likeness (QED) is 0.630. The van der Waals surface area contributed by atoms with Crippen LogP contribution >= 0.6 is 11.8 Å². The molecule has 1 saturated carbocycles. The van der Waals surface area contributed by atoms with E-state index in [1.165, 1.54) is 44.4 Å². The first-order valence-corrected chi connectivity index (χ1v) is 10.1. The van der Waals surface area contributed by atoms with Crippen LogP contribution in [-0.2, 0) is 16.0 Å². The number of rotatable bonds is 7. The zero-order chi connectivity index (χ0) is 19.2. The summed E-state index contributed by atoms with van der Waals surface area (Å²) in [6.45, 7) is 3.29. The molecular formula is C19H25N5O2S. The molecule has 2 aromatic rings. The highest BCUT2D eigenvalue weighted by molar-refractivity contribution is 8.00. The number of carbonyl (C=O) groups excluding carboxylic acids is 2. The number of nitrogens with one attached hydrogen (secondary N) is 3. The van der Waals surface area contributed by atoms with Gasteiger partial charge in [-0.15, -0.1) is 5.10 Å². The van der Waals surface area contributed by atoms with Crippen LogP contribution in [0.5, 0.6) is 0 Å². The van der Waals surface area contributed by atoms with Crippen LogP contribution in [0.2, 0.25) is 0 Å². The van der Waals surface area contributed by atoms with Crippen molar-refractivity contribution in [2.24, 2.45) is 5.92 Å². The molecule has 1 aromatic carbocycles. The summed E-state index contributed by atoms with van der Waals surface area (Å²) >= 11 is 1.34. The van der Waals surface area contributed by atoms with Crippen LogP contribution in [0.1, 0.15) is 45.4 Å². The molecule has 3 N–H and O–H groups in total. The highest BCUT2D eigenvalue weighted by atomic mass is 32.2. The van der Waals surface area contributed by atoms with E-state index in [1.54, 1.807) is 24.3 Å². The van der Waals surface area contributed by atoms with Gasteiger partial charge in [0, 0.05) is 24.7 Å². The zero-order valence-corrected chi connectivity index (χ0v) is 16.4. The molecular weight excluding hydrogens is 362 g/mol. The first kappa shape index (κ1) is 19.4. The number of thioether (sulfide) groups is 1. The minimum atomic E-state index is -0.324. The number of H-pyrrole nitrogens is 1. The number of aromatic amines is 1. The van der Waals surface area contributed by atoms with Crippen LogP contribution in [0, 0.1) is 5.92 Å². The molecule has 0 radical (unpaired) electrons. The highest BCUT2D eigenvalue weighted by Gasteiger charge is 2.20. The van der Waals surface area contributed by atoms with E-state index in [2.05, 4.69) is 25.8 Å². The van der Waals surface area contributed by atoms with E-state index >= 15 is 0 Å². The van der Waals surface area contributed by atoms with Crippen molar-refractivity contribution in [3.8, 4) is 0 Å². The van der Waals surface area contributed by atoms with E-state index in [-0.39, 0.29) is 17.1 Å². The molecule has 2 amide bonds. The van der Waals surface area contributed by atoms with Crippen LogP contribution < -0.4 is 10.6 Å². The Kier molecular flexibility index (Phi) is 6.49. The van der Waals surface area contributed by atoms with Crippen molar-refractivity contribution in [2.45, 2.75) is 56.4 Å². The number of hydrogen-bond donors (Lipinski definition) is 3. The van der Waals surface area contributed by atoms with Gasteiger partial charge in [0.2, 0.25) is 17.0 Å². The standard InChI is InChI=1S/C19H25N5O2S/c1-12(18(26)21-16-9-7-15(8-10-16)20-13(2)25)27-19-22-17(23-24-19)11-14-5-3-4-6-14/h7-10,12,14H,3-6,11H2,1-2H3,(H,20,25)(H,21,26)(H,22,23,24). The molecule has 1 heterocycles. The normalized spacial score (nSPS) is 15.5. The van der Waals surface area contributed by atoms with E-state index in [1.807, 2.05) is 6.92 Å². The maximum atomic E-state index is 12.4. The van der Waals surface area contributed by atoms with E-state index in [9.17, 15) is 9.59 Å². The van der Waals surface area contributed by atoms with E-state index < -0.39 is 0 Å². The minimum Gasteiger partial charge on any atom is -0.326 e. The zero-order valence-electron chi connectivity index (χ0n) is 15.6. The fourth-order valence-corrected chi connectivity index (χ4v) is 3.95. The first-order valence-electron chi connectivity index (χ1n) is 9.26. The van der Waals surface area contributed by atoms with E-state index in [4.69, 9.17) is 0 Å². The van der Waals surface area contributed by atoms with Gasteiger partial charge < -0.3 is 10.6 Å². The SMILES string of the molecule is CC(=O)Nc1ccc(NC(=O)C(C)Sc2n[nH]c(CC3CCCC3)n2)cc1. The second kappa shape index (κ2) is 9.03. The van der Waals surface area contributed by atoms with Gasteiger partial charge in [-0.3, -0.25) is 14.7 Å². The predicted molar refractivity (Wildman–Crippen MR) is 107 cm³/mol. The lowest BCUT2D eigenvalue weighted by Gasteiger charge is -2.11. The molecule has 7 nitrogen and oxygen atoms in total. The van der Waals surface area contributed by atoms with Gasteiger partial charge in [0.05, 0.1) is 5.25 Å². The maximum absolute atomic E-state index is 12.4. The summed E-state index contributed by atoms with van der Waals surface area (Å²) in [5, 5.41) is 13.1. The maximum Gasteiger partial charge on any atom is 0.237 e. The monoisotopic (exact) mass is 387 g/mol. The Bertz CT molecular complexity index is 784. The van der Waals surface area contributed by atoms with Crippen molar-refractivity contribution >= 4 is 35.0 Å². The average Bonchev–Trinajstić information content (AvgIpc) is 3.29. The number of amides is 2. The largest absolute Gasteiger partial charge is 0.326 e. The molecule has 1 fully saturated rings. The third-order valence-corrected chi connectivity index (χ3v) is 5.55. The van der Waals surface area contributed by atoms with Crippen LogP contribution in [0.3, 0.4) is 0 Å². The third kappa shape index (κ3) is 5.82. The molecule has 1 atom stereocenters. The topological polar surface area (TPSA) is 99.8 Å². The van der Waals surface area contributed by atoms with Crippen molar-refractivity contribution in [3.63, 3.8) is 0 Å². The number of aromatic nitrogens is 3. The van der Waals surface area contributed by atoms with Crippen molar-refractivity contribution in [1.29, 1.82) is 0 Å². The molecule has 3 rings (SSSR count). The third-order valence-electron chi connectivity index (χ3n) is 4.59. The van der Waals surface area contributed by atoms with Gasteiger partial charge in [-0.1, -0.05) is 37.4 Å².